The van der Waals surface area contributed by atoms with Crippen molar-refractivity contribution in [2.45, 2.75) is 47.5 Å². The van der Waals surface area contributed by atoms with Crippen LogP contribution in [0.1, 0.15) is 45.7 Å². The zero-order chi connectivity index (χ0) is 17.3. The molecule has 0 atom stereocenters. The molecule has 0 aliphatic carbocycles. The Morgan fingerprint density at radius 1 is 0.750 bits per heavy atom. The molecule has 137 valence electrons. The first-order chi connectivity index (χ1) is 11.2. The van der Waals surface area contributed by atoms with Gasteiger partial charge in [0.05, 0.1) is 0 Å². The van der Waals surface area contributed by atoms with Crippen LogP contribution in [0.3, 0.4) is 0 Å². The molecule has 3 heteroatoms. The molecule has 0 fully saturated rings. The molecule has 0 saturated heterocycles. The number of rotatable bonds is 6. The second-order valence-corrected chi connectivity index (χ2v) is 5.04. The van der Waals surface area contributed by atoms with E-state index < -0.39 is 0 Å². The van der Waals surface area contributed by atoms with Crippen LogP contribution in [0.25, 0.3) is 0 Å². The number of aryl methyl sites for hydroxylation is 2. The molecule has 1 radical (unpaired) electrons. The van der Waals surface area contributed by atoms with Crippen molar-refractivity contribution in [1.82, 2.24) is 4.90 Å². The maximum absolute atomic E-state index is 3.99. The van der Waals surface area contributed by atoms with E-state index in [0.29, 0.717) is 0 Å². The third-order valence-corrected chi connectivity index (χ3v) is 3.41. The largest absolute Gasteiger partial charge is 3.00 e. The summed E-state index contributed by atoms with van der Waals surface area (Å²) in [5.41, 5.74) is 2.86. The summed E-state index contributed by atoms with van der Waals surface area (Å²) in [7, 11) is 0. The first-order valence-corrected chi connectivity index (χ1v) is 8.79. The minimum absolute atomic E-state index is 0. The fourth-order valence-electron chi connectivity index (χ4n) is 1.83. The maximum atomic E-state index is 3.99. The molecule has 2 aromatic carbocycles. The zero-order valence-electron chi connectivity index (χ0n) is 15.9. The Kier molecular flexibility index (Phi) is 20.1. The molecule has 0 aromatic heterocycles. The van der Waals surface area contributed by atoms with Crippen molar-refractivity contribution < 1.29 is 38.2 Å². The summed E-state index contributed by atoms with van der Waals surface area (Å²) in [6.07, 6.45) is 5.25. The van der Waals surface area contributed by atoms with E-state index in [1.165, 1.54) is 11.1 Å². The topological polar surface area (TPSA) is 15.6 Å². The number of aliphatic imine (C=N–C) groups is 1. The van der Waals surface area contributed by atoms with Crippen LogP contribution in [-0.4, -0.2) is 30.9 Å². The molecule has 0 spiro atoms. The molecule has 0 N–H and O–H groups in total. The molecule has 24 heavy (non-hydrogen) atoms. The van der Waals surface area contributed by atoms with Crippen molar-refractivity contribution in [3.63, 3.8) is 0 Å². The Hall–Kier alpha value is -0.557. The Labute approximate surface area is 180 Å². The van der Waals surface area contributed by atoms with Crippen LogP contribution in [0, 0.1) is 38.2 Å². The van der Waals surface area contributed by atoms with Gasteiger partial charge in [-0.15, -0.1) is 0 Å². The van der Waals surface area contributed by atoms with Gasteiger partial charge < -0.3 is 9.89 Å². The molecule has 0 unspecified atom stereocenters. The number of hydrogen-bond donors (Lipinski definition) is 0. The second kappa shape index (κ2) is 18.8. The molecular formula is C21H33DyN2. The van der Waals surface area contributed by atoms with Crippen molar-refractivity contribution >= 4 is 6.34 Å². The molecular weight excluding hydrogens is 443 g/mol. The van der Waals surface area contributed by atoms with Crippen LogP contribution < -0.4 is 0 Å². The summed E-state index contributed by atoms with van der Waals surface area (Å²) in [5.74, 6) is 0. The molecule has 0 heterocycles. The van der Waals surface area contributed by atoms with Gasteiger partial charge in [-0.05, 0) is 26.6 Å². The van der Waals surface area contributed by atoms with E-state index in [1.807, 2.05) is 11.8 Å². The summed E-state index contributed by atoms with van der Waals surface area (Å²) < 4.78 is 0. The normalized spacial score (nSPS) is 9.38. The van der Waals surface area contributed by atoms with Crippen molar-refractivity contribution in [3.8, 4) is 0 Å². The predicted molar refractivity (Wildman–Crippen MR) is 104 cm³/mol. The van der Waals surface area contributed by atoms with Crippen LogP contribution in [0.2, 0.25) is 0 Å². The van der Waals surface area contributed by atoms with Gasteiger partial charge in [-0.3, -0.25) is 6.34 Å². The Morgan fingerprint density at radius 2 is 1.12 bits per heavy atom. The van der Waals surface area contributed by atoms with Gasteiger partial charge in [0, 0.05) is 0 Å². The van der Waals surface area contributed by atoms with Crippen molar-refractivity contribution in [3.05, 3.63) is 59.7 Å². The van der Waals surface area contributed by atoms with Crippen LogP contribution in [-0.2, 0) is 12.8 Å². The molecule has 0 amide bonds. The van der Waals surface area contributed by atoms with Crippen LogP contribution >= 0.6 is 0 Å². The van der Waals surface area contributed by atoms with Crippen LogP contribution in [0.5, 0.6) is 0 Å². The summed E-state index contributed by atoms with van der Waals surface area (Å²) >= 11 is 0. The van der Waals surface area contributed by atoms with Gasteiger partial charge in [-0.1, -0.05) is 40.5 Å². The third kappa shape index (κ3) is 13.8. The fourth-order valence-corrected chi connectivity index (χ4v) is 1.83. The van der Waals surface area contributed by atoms with E-state index in [1.54, 1.807) is 0 Å². The fraction of sp³-hybridized carbons (Fsp3) is 0.476. The van der Waals surface area contributed by atoms with Gasteiger partial charge in [-0.25, -0.2) is 24.3 Å². The first kappa shape index (κ1) is 25.7. The van der Waals surface area contributed by atoms with E-state index in [2.05, 4.69) is 87.6 Å². The third-order valence-electron chi connectivity index (χ3n) is 3.41. The molecule has 0 saturated carbocycles. The molecule has 0 bridgehead atoms. The SMILES string of the molecule is CCN=[C-]N(CC)CC.CC[c-]1cccc1.CC[c-]1cccc1.[Dy+3]. The first-order valence-electron chi connectivity index (χ1n) is 8.79. The minimum Gasteiger partial charge on any atom is -0.538 e. The van der Waals surface area contributed by atoms with Gasteiger partial charge in [0.15, 0.2) is 0 Å². The molecule has 0 aliphatic heterocycles. The molecule has 2 nitrogen and oxygen atoms in total. The summed E-state index contributed by atoms with van der Waals surface area (Å²) in [4.78, 5) is 6.03. The van der Waals surface area contributed by atoms with E-state index >= 15 is 0 Å². The minimum atomic E-state index is 0. The Bertz CT molecular complexity index is 420. The van der Waals surface area contributed by atoms with E-state index in [-0.39, 0.29) is 38.2 Å². The van der Waals surface area contributed by atoms with Crippen LogP contribution in [0.15, 0.2) is 53.5 Å². The van der Waals surface area contributed by atoms with Gasteiger partial charge >= 0.3 is 38.2 Å². The monoisotopic (exact) mass is 477 g/mol. The maximum Gasteiger partial charge on any atom is 3.00 e. The quantitative estimate of drug-likeness (QED) is 0.243. The van der Waals surface area contributed by atoms with Gasteiger partial charge in [0.1, 0.15) is 0 Å². The van der Waals surface area contributed by atoms with E-state index in [0.717, 1.165) is 32.5 Å². The van der Waals surface area contributed by atoms with Gasteiger partial charge in [0.2, 0.25) is 0 Å². The second-order valence-electron chi connectivity index (χ2n) is 5.04. The summed E-state index contributed by atoms with van der Waals surface area (Å²) in [5, 5.41) is 0. The number of nitrogens with zero attached hydrogens (tertiary/aromatic N) is 2. The Morgan fingerprint density at radius 3 is 1.33 bits per heavy atom. The average Bonchev–Trinajstić information content (AvgIpc) is 3.30. The van der Waals surface area contributed by atoms with Crippen molar-refractivity contribution in [2.24, 2.45) is 4.99 Å². The van der Waals surface area contributed by atoms with Gasteiger partial charge in [-0.2, -0.15) is 35.4 Å². The Balaban J connectivity index is 0. The molecule has 0 aliphatic rings. The van der Waals surface area contributed by atoms with Gasteiger partial charge in [0.25, 0.3) is 0 Å². The average molecular weight is 476 g/mol. The standard InChI is InChI=1S/C7H15N2.2C7H9.Dy/c1-4-8-7-9(5-2)6-3;2*1-2-7-5-3-4-6-7;/h4-6H2,1-3H3;2*3-6H,2H2,1H3;/q3*-1;+3. The predicted octanol–water partition coefficient (Wildman–Crippen LogP) is 5.19. The van der Waals surface area contributed by atoms with Crippen molar-refractivity contribution in [2.75, 3.05) is 19.6 Å². The zero-order valence-corrected chi connectivity index (χ0v) is 17.9. The molecule has 2 rings (SSSR count). The van der Waals surface area contributed by atoms with Crippen molar-refractivity contribution in [1.29, 1.82) is 0 Å². The summed E-state index contributed by atoms with van der Waals surface area (Å²) in [6, 6.07) is 16.8. The molecule has 2 aromatic rings. The van der Waals surface area contributed by atoms with Crippen LogP contribution in [0.4, 0.5) is 0 Å². The van der Waals surface area contributed by atoms with E-state index in [9.17, 15) is 0 Å². The smallest absolute Gasteiger partial charge is 0.538 e. The number of hydrogen-bond acceptors (Lipinski definition) is 1. The van der Waals surface area contributed by atoms with E-state index in [4.69, 9.17) is 0 Å². The summed E-state index contributed by atoms with van der Waals surface area (Å²) in [6.45, 7) is 13.4.